The summed E-state index contributed by atoms with van der Waals surface area (Å²) in [5.74, 6) is 0.895. The van der Waals surface area contributed by atoms with Crippen LogP contribution in [0.1, 0.15) is 25.8 Å². The van der Waals surface area contributed by atoms with Gasteiger partial charge in [-0.3, -0.25) is 0 Å². The Kier molecular flexibility index (Phi) is 8.05. The Hall–Kier alpha value is -0.580. The maximum Gasteiger partial charge on any atom is 0.119 e. The van der Waals surface area contributed by atoms with Gasteiger partial charge in [0.25, 0.3) is 0 Å². The predicted molar refractivity (Wildman–Crippen MR) is 78.1 cm³/mol. The summed E-state index contributed by atoms with van der Waals surface area (Å²) < 4.78 is 12.0. The molecule has 0 spiro atoms. The van der Waals surface area contributed by atoms with Crippen molar-refractivity contribution in [3.05, 3.63) is 28.2 Å². The fraction of sp³-hybridized carbons (Fsp3) is 0.571. The van der Waals surface area contributed by atoms with E-state index in [0.717, 1.165) is 36.3 Å². The van der Waals surface area contributed by atoms with E-state index in [1.54, 1.807) is 0 Å². The van der Waals surface area contributed by atoms with Gasteiger partial charge in [-0.05, 0) is 43.7 Å². The van der Waals surface area contributed by atoms with Gasteiger partial charge in [0.15, 0.2) is 0 Å². The molecule has 1 aromatic rings. The van der Waals surface area contributed by atoms with Gasteiger partial charge in [-0.1, -0.05) is 22.9 Å². The summed E-state index contributed by atoms with van der Waals surface area (Å²) in [6.07, 6.45) is 1.14. The molecule has 1 rings (SSSR count). The van der Waals surface area contributed by atoms with Crippen LogP contribution in [0.3, 0.4) is 0 Å². The van der Waals surface area contributed by atoms with E-state index in [1.807, 2.05) is 19.1 Å². The molecule has 0 saturated carbocycles. The Bertz CT molecular complexity index is 345. The highest BCUT2D eigenvalue weighted by Crippen LogP contribution is 2.22. The third-order valence-electron chi connectivity index (χ3n) is 2.46. The number of hydrogen-bond donors (Lipinski definition) is 1. The van der Waals surface area contributed by atoms with Crippen LogP contribution in [0.25, 0.3) is 0 Å². The Balaban J connectivity index is 2.46. The van der Waals surface area contributed by atoms with Crippen molar-refractivity contribution in [1.82, 2.24) is 5.32 Å². The monoisotopic (exact) mass is 315 g/mol. The third kappa shape index (κ3) is 5.85. The lowest BCUT2D eigenvalue weighted by atomic mass is 10.2. The van der Waals surface area contributed by atoms with Gasteiger partial charge in [0.05, 0.1) is 6.61 Å². The minimum atomic E-state index is 0.595. The number of ether oxygens (including phenoxy) is 2. The zero-order valence-electron chi connectivity index (χ0n) is 11.2. The fourth-order valence-corrected chi connectivity index (χ4v) is 1.93. The average Bonchev–Trinajstić information content (AvgIpc) is 2.38. The molecular formula is C14H22BrNO2. The first-order chi connectivity index (χ1) is 8.77. The van der Waals surface area contributed by atoms with Gasteiger partial charge < -0.3 is 14.8 Å². The lowest BCUT2D eigenvalue weighted by Crippen LogP contribution is -2.14. The van der Waals surface area contributed by atoms with Crippen LogP contribution >= 0.6 is 15.9 Å². The van der Waals surface area contributed by atoms with Crippen molar-refractivity contribution in [2.75, 3.05) is 26.4 Å². The van der Waals surface area contributed by atoms with E-state index in [2.05, 4.69) is 34.2 Å². The molecule has 4 heteroatoms. The third-order valence-corrected chi connectivity index (χ3v) is 3.23. The molecule has 0 unspecified atom stereocenters. The molecule has 0 bridgehead atoms. The zero-order chi connectivity index (χ0) is 13.2. The molecule has 0 fully saturated rings. The van der Waals surface area contributed by atoms with E-state index >= 15 is 0 Å². The fourth-order valence-electron chi connectivity index (χ4n) is 1.54. The summed E-state index contributed by atoms with van der Waals surface area (Å²) in [6.45, 7) is 7.99. The van der Waals surface area contributed by atoms with Crippen LogP contribution in [0.4, 0.5) is 0 Å². The van der Waals surface area contributed by atoms with Gasteiger partial charge >= 0.3 is 0 Å². The Morgan fingerprint density at radius 2 is 2.06 bits per heavy atom. The first-order valence-corrected chi connectivity index (χ1v) is 7.27. The van der Waals surface area contributed by atoms with Crippen LogP contribution in [-0.4, -0.2) is 26.4 Å². The van der Waals surface area contributed by atoms with Crippen LogP contribution in [0.5, 0.6) is 5.75 Å². The van der Waals surface area contributed by atoms with Crippen LogP contribution in [-0.2, 0) is 11.3 Å². The van der Waals surface area contributed by atoms with Crippen molar-refractivity contribution in [2.45, 2.75) is 26.8 Å². The summed E-state index contributed by atoms with van der Waals surface area (Å²) in [5.41, 5.74) is 1.22. The molecule has 1 aromatic carbocycles. The Morgan fingerprint density at radius 3 is 2.78 bits per heavy atom. The molecule has 18 heavy (non-hydrogen) atoms. The van der Waals surface area contributed by atoms with Crippen molar-refractivity contribution < 1.29 is 9.47 Å². The largest absolute Gasteiger partial charge is 0.491 e. The van der Waals surface area contributed by atoms with Crippen molar-refractivity contribution in [3.8, 4) is 5.75 Å². The SMILES string of the molecule is CCCNCc1cc(OCCOCC)ccc1Br. The highest BCUT2D eigenvalue weighted by Gasteiger charge is 2.02. The summed E-state index contributed by atoms with van der Waals surface area (Å²) in [7, 11) is 0. The molecule has 0 amide bonds. The highest BCUT2D eigenvalue weighted by atomic mass is 79.9. The van der Waals surface area contributed by atoms with E-state index in [9.17, 15) is 0 Å². The summed E-state index contributed by atoms with van der Waals surface area (Å²) in [6, 6.07) is 6.07. The number of rotatable bonds is 9. The van der Waals surface area contributed by atoms with Crippen molar-refractivity contribution in [1.29, 1.82) is 0 Å². The standard InChI is InChI=1S/C14H22BrNO2/c1-3-7-16-11-12-10-13(5-6-14(12)15)18-9-8-17-4-2/h5-6,10,16H,3-4,7-9,11H2,1-2H3. The number of hydrogen-bond acceptors (Lipinski definition) is 3. The van der Waals surface area contributed by atoms with Crippen LogP contribution in [0.2, 0.25) is 0 Å². The average molecular weight is 316 g/mol. The second-order valence-electron chi connectivity index (χ2n) is 3.98. The first kappa shape index (κ1) is 15.5. The van der Waals surface area contributed by atoms with Gasteiger partial charge in [0, 0.05) is 17.6 Å². The summed E-state index contributed by atoms with van der Waals surface area (Å²) in [5, 5.41) is 3.39. The Labute approximate surface area is 118 Å². The van der Waals surface area contributed by atoms with Crippen LogP contribution in [0, 0.1) is 0 Å². The number of nitrogens with one attached hydrogen (secondary N) is 1. The minimum Gasteiger partial charge on any atom is -0.491 e. The van der Waals surface area contributed by atoms with Crippen molar-refractivity contribution >= 4 is 15.9 Å². The van der Waals surface area contributed by atoms with Gasteiger partial charge in [-0.2, -0.15) is 0 Å². The van der Waals surface area contributed by atoms with Gasteiger partial charge in [0.1, 0.15) is 12.4 Å². The van der Waals surface area contributed by atoms with Crippen molar-refractivity contribution in [3.63, 3.8) is 0 Å². The predicted octanol–water partition coefficient (Wildman–Crippen LogP) is 3.36. The zero-order valence-corrected chi connectivity index (χ0v) is 12.8. The summed E-state index contributed by atoms with van der Waals surface area (Å²) in [4.78, 5) is 0. The molecule has 1 N–H and O–H groups in total. The highest BCUT2D eigenvalue weighted by molar-refractivity contribution is 9.10. The lowest BCUT2D eigenvalue weighted by Gasteiger charge is -2.10. The van der Waals surface area contributed by atoms with E-state index in [0.29, 0.717) is 13.2 Å². The molecule has 0 saturated heterocycles. The van der Waals surface area contributed by atoms with E-state index in [4.69, 9.17) is 9.47 Å². The van der Waals surface area contributed by atoms with E-state index in [1.165, 1.54) is 5.56 Å². The smallest absolute Gasteiger partial charge is 0.119 e. The molecule has 0 aliphatic heterocycles. The second-order valence-corrected chi connectivity index (χ2v) is 4.83. The molecular weight excluding hydrogens is 294 g/mol. The van der Waals surface area contributed by atoms with E-state index < -0.39 is 0 Å². The van der Waals surface area contributed by atoms with Gasteiger partial charge in [0.2, 0.25) is 0 Å². The van der Waals surface area contributed by atoms with E-state index in [-0.39, 0.29) is 0 Å². The lowest BCUT2D eigenvalue weighted by molar-refractivity contribution is 0.110. The van der Waals surface area contributed by atoms with Crippen LogP contribution < -0.4 is 10.1 Å². The van der Waals surface area contributed by atoms with Gasteiger partial charge in [-0.25, -0.2) is 0 Å². The quantitative estimate of drug-likeness (QED) is 0.709. The molecule has 0 aromatic heterocycles. The molecule has 0 atom stereocenters. The number of benzene rings is 1. The minimum absolute atomic E-state index is 0.595. The molecule has 0 aliphatic carbocycles. The summed E-state index contributed by atoms with van der Waals surface area (Å²) >= 11 is 3.56. The molecule has 0 radical (unpaired) electrons. The molecule has 0 heterocycles. The van der Waals surface area contributed by atoms with Crippen LogP contribution in [0.15, 0.2) is 22.7 Å². The molecule has 102 valence electrons. The Morgan fingerprint density at radius 1 is 1.22 bits per heavy atom. The normalized spacial score (nSPS) is 10.6. The second kappa shape index (κ2) is 9.36. The maximum atomic E-state index is 5.64. The maximum absolute atomic E-state index is 5.64. The topological polar surface area (TPSA) is 30.5 Å². The van der Waals surface area contributed by atoms with Gasteiger partial charge in [-0.15, -0.1) is 0 Å². The number of halogens is 1. The van der Waals surface area contributed by atoms with Crippen molar-refractivity contribution in [2.24, 2.45) is 0 Å². The molecule has 0 aliphatic rings. The molecule has 3 nitrogen and oxygen atoms in total. The first-order valence-electron chi connectivity index (χ1n) is 6.47.